The van der Waals surface area contributed by atoms with Gasteiger partial charge in [-0.1, -0.05) is 48.5 Å². The van der Waals surface area contributed by atoms with Gasteiger partial charge in [0.1, 0.15) is 5.71 Å². The predicted octanol–water partition coefficient (Wildman–Crippen LogP) is 4.14. The van der Waals surface area contributed by atoms with E-state index in [9.17, 15) is 9.59 Å². The van der Waals surface area contributed by atoms with Crippen LogP contribution in [-0.4, -0.2) is 24.7 Å². The third-order valence-electron chi connectivity index (χ3n) is 4.61. The van der Waals surface area contributed by atoms with Crippen LogP contribution in [0.3, 0.4) is 0 Å². The van der Waals surface area contributed by atoms with Gasteiger partial charge in [0.05, 0.1) is 30.6 Å². The third kappa shape index (κ3) is 3.30. The molecule has 4 rings (SSSR count). The van der Waals surface area contributed by atoms with Crippen molar-refractivity contribution in [1.82, 2.24) is 0 Å². The highest BCUT2D eigenvalue weighted by Gasteiger charge is 2.33. The minimum absolute atomic E-state index is 0.137. The smallest absolute Gasteiger partial charge is 0.337 e. The first-order valence-corrected chi connectivity index (χ1v) is 8.89. The fourth-order valence-electron chi connectivity index (χ4n) is 3.21. The summed E-state index contributed by atoms with van der Waals surface area (Å²) in [6.45, 7) is 0.483. The summed E-state index contributed by atoms with van der Waals surface area (Å²) in [5.74, 6) is -0.544. The quantitative estimate of drug-likeness (QED) is 0.649. The molecule has 5 heteroatoms. The highest BCUT2D eigenvalue weighted by Crippen LogP contribution is 2.32. The molecule has 3 aromatic rings. The molecule has 0 atom stereocenters. The van der Waals surface area contributed by atoms with Gasteiger partial charge in [0.15, 0.2) is 0 Å². The second-order valence-corrected chi connectivity index (χ2v) is 6.39. The standard InChI is InChI=1S/C23H18N2O3/c1-28-23(27)17-11-13-18(14-12-17)24-21-19-9-5-6-10-20(19)25(22(21)26)15-16-7-3-2-4-8-16/h2-14H,15H2,1H3. The van der Waals surface area contributed by atoms with Crippen LogP contribution in [0.25, 0.3) is 0 Å². The molecule has 138 valence electrons. The molecule has 0 aromatic heterocycles. The largest absolute Gasteiger partial charge is 0.465 e. The highest BCUT2D eigenvalue weighted by atomic mass is 16.5. The lowest BCUT2D eigenvalue weighted by molar-refractivity contribution is -0.112. The Morgan fingerprint density at radius 1 is 0.929 bits per heavy atom. The van der Waals surface area contributed by atoms with Crippen molar-refractivity contribution in [1.29, 1.82) is 0 Å². The van der Waals surface area contributed by atoms with Gasteiger partial charge in [0.2, 0.25) is 0 Å². The minimum atomic E-state index is -0.407. The molecule has 1 heterocycles. The molecule has 3 aromatic carbocycles. The van der Waals surface area contributed by atoms with Crippen molar-refractivity contribution < 1.29 is 14.3 Å². The summed E-state index contributed by atoms with van der Waals surface area (Å²) in [6, 6.07) is 24.2. The Balaban J connectivity index is 1.69. The second kappa shape index (κ2) is 7.48. The monoisotopic (exact) mass is 370 g/mol. The summed E-state index contributed by atoms with van der Waals surface area (Å²) in [6.07, 6.45) is 0. The number of anilines is 1. The highest BCUT2D eigenvalue weighted by molar-refractivity contribution is 6.54. The molecule has 28 heavy (non-hydrogen) atoms. The average molecular weight is 370 g/mol. The number of carbonyl (C=O) groups is 2. The van der Waals surface area contributed by atoms with Gasteiger partial charge in [0.25, 0.3) is 5.91 Å². The van der Waals surface area contributed by atoms with Gasteiger partial charge in [-0.05, 0) is 35.9 Å². The molecule has 5 nitrogen and oxygen atoms in total. The summed E-state index contributed by atoms with van der Waals surface area (Å²) in [4.78, 5) is 31.0. The van der Waals surface area contributed by atoms with Gasteiger partial charge in [0, 0.05) is 5.56 Å². The molecular formula is C23H18N2O3. The number of benzene rings is 3. The number of nitrogens with zero attached hydrogens (tertiary/aromatic N) is 2. The molecule has 1 amide bonds. The van der Waals surface area contributed by atoms with Gasteiger partial charge in [-0.15, -0.1) is 0 Å². The maximum Gasteiger partial charge on any atom is 0.337 e. The number of rotatable bonds is 4. The topological polar surface area (TPSA) is 59.0 Å². The van der Waals surface area contributed by atoms with Crippen LogP contribution in [0.15, 0.2) is 83.9 Å². The van der Waals surface area contributed by atoms with Crippen molar-refractivity contribution in [2.45, 2.75) is 6.54 Å². The Morgan fingerprint density at radius 2 is 1.61 bits per heavy atom. The number of methoxy groups -OCH3 is 1. The van der Waals surface area contributed by atoms with E-state index in [0.29, 0.717) is 23.5 Å². The van der Waals surface area contributed by atoms with Crippen molar-refractivity contribution in [3.05, 3.63) is 95.6 Å². The van der Waals surface area contributed by atoms with Crippen molar-refractivity contribution in [2.24, 2.45) is 4.99 Å². The molecule has 0 bridgehead atoms. The summed E-state index contributed by atoms with van der Waals surface area (Å²) in [5, 5.41) is 0. The lowest BCUT2D eigenvalue weighted by Crippen LogP contribution is -2.29. The third-order valence-corrected chi connectivity index (χ3v) is 4.61. The van der Waals surface area contributed by atoms with E-state index in [0.717, 1.165) is 16.8 Å². The van der Waals surface area contributed by atoms with Crippen molar-refractivity contribution in [3.8, 4) is 0 Å². The normalized spacial score (nSPS) is 14.2. The van der Waals surface area contributed by atoms with Gasteiger partial charge < -0.3 is 9.64 Å². The van der Waals surface area contributed by atoms with Gasteiger partial charge in [-0.3, -0.25) is 4.79 Å². The molecule has 1 aliphatic rings. The lowest BCUT2D eigenvalue weighted by Gasteiger charge is -2.16. The van der Waals surface area contributed by atoms with Gasteiger partial charge in [-0.25, -0.2) is 9.79 Å². The van der Waals surface area contributed by atoms with Crippen molar-refractivity contribution in [2.75, 3.05) is 12.0 Å². The molecule has 0 saturated carbocycles. The molecule has 0 fully saturated rings. The van der Waals surface area contributed by atoms with Crippen LogP contribution < -0.4 is 4.90 Å². The fraction of sp³-hybridized carbons (Fsp3) is 0.0870. The molecule has 0 N–H and O–H groups in total. The fourth-order valence-corrected chi connectivity index (χ4v) is 3.21. The average Bonchev–Trinajstić information content (AvgIpc) is 3.00. The van der Waals surface area contributed by atoms with E-state index in [-0.39, 0.29) is 5.91 Å². The molecule has 0 unspecified atom stereocenters. The molecule has 1 aliphatic heterocycles. The van der Waals surface area contributed by atoms with E-state index in [1.54, 1.807) is 29.2 Å². The van der Waals surface area contributed by atoms with Crippen LogP contribution in [0.2, 0.25) is 0 Å². The Kier molecular flexibility index (Phi) is 4.72. The summed E-state index contributed by atoms with van der Waals surface area (Å²) >= 11 is 0. The Bertz CT molecular complexity index is 1060. The maximum absolute atomic E-state index is 13.1. The summed E-state index contributed by atoms with van der Waals surface area (Å²) < 4.78 is 4.71. The van der Waals surface area contributed by atoms with E-state index in [1.807, 2.05) is 54.6 Å². The van der Waals surface area contributed by atoms with E-state index in [2.05, 4.69) is 4.99 Å². The first-order chi connectivity index (χ1) is 13.7. The van der Waals surface area contributed by atoms with Gasteiger partial charge >= 0.3 is 5.97 Å². The minimum Gasteiger partial charge on any atom is -0.465 e. The van der Waals surface area contributed by atoms with Crippen molar-refractivity contribution >= 4 is 29.0 Å². The zero-order valence-electron chi connectivity index (χ0n) is 15.3. The number of carbonyl (C=O) groups excluding carboxylic acids is 2. The molecule has 0 aliphatic carbocycles. The maximum atomic E-state index is 13.1. The first-order valence-electron chi connectivity index (χ1n) is 8.89. The van der Waals surface area contributed by atoms with E-state index < -0.39 is 5.97 Å². The molecule has 0 radical (unpaired) electrons. The number of fused-ring (bicyclic) bond motifs is 1. The number of ether oxygens (including phenoxy) is 1. The summed E-state index contributed by atoms with van der Waals surface area (Å²) in [5.41, 5.74) is 4.15. The molecule has 0 spiro atoms. The Hall–Kier alpha value is -3.73. The van der Waals surface area contributed by atoms with Crippen molar-refractivity contribution in [3.63, 3.8) is 0 Å². The van der Waals surface area contributed by atoms with E-state index >= 15 is 0 Å². The number of hydrogen-bond donors (Lipinski definition) is 0. The Morgan fingerprint density at radius 3 is 2.32 bits per heavy atom. The van der Waals surface area contributed by atoms with Crippen LogP contribution in [0.4, 0.5) is 11.4 Å². The number of aliphatic imine (C=N–C) groups is 1. The van der Waals surface area contributed by atoms with Crippen LogP contribution >= 0.6 is 0 Å². The molecule has 0 saturated heterocycles. The first kappa shape index (κ1) is 17.7. The van der Waals surface area contributed by atoms with Crippen LogP contribution in [0.5, 0.6) is 0 Å². The zero-order chi connectivity index (χ0) is 19.5. The SMILES string of the molecule is COC(=O)c1ccc(N=C2C(=O)N(Cc3ccccc3)c3ccccc32)cc1. The number of para-hydroxylation sites is 1. The lowest BCUT2D eigenvalue weighted by atomic mass is 10.1. The van der Waals surface area contributed by atoms with E-state index in [4.69, 9.17) is 4.74 Å². The van der Waals surface area contributed by atoms with Crippen LogP contribution in [0, 0.1) is 0 Å². The number of hydrogen-bond acceptors (Lipinski definition) is 4. The van der Waals surface area contributed by atoms with Crippen LogP contribution in [0.1, 0.15) is 21.5 Å². The number of amides is 1. The second-order valence-electron chi connectivity index (χ2n) is 6.39. The Labute approximate surface area is 162 Å². The van der Waals surface area contributed by atoms with Gasteiger partial charge in [-0.2, -0.15) is 0 Å². The van der Waals surface area contributed by atoms with Crippen LogP contribution in [-0.2, 0) is 16.1 Å². The zero-order valence-corrected chi connectivity index (χ0v) is 15.3. The number of esters is 1. The molecular weight excluding hydrogens is 352 g/mol. The van der Waals surface area contributed by atoms with E-state index in [1.165, 1.54) is 7.11 Å². The predicted molar refractivity (Wildman–Crippen MR) is 108 cm³/mol. The summed E-state index contributed by atoms with van der Waals surface area (Å²) in [7, 11) is 1.34.